The quantitative estimate of drug-likeness (QED) is 0.490. The van der Waals surface area contributed by atoms with Gasteiger partial charge in [-0.15, -0.1) is 0 Å². The molecule has 10 heteroatoms. The molecule has 2 aromatic carbocycles. The van der Waals surface area contributed by atoms with Gasteiger partial charge in [-0.2, -0.15) is 0 Å². The number of aromatic nitrogens is 2. The van der Waals surface area contributed by atoms with E-state index >= 15 is 0 Å². The van der Waals surface area contributed by atoms with E-state index in [0.717, 1.165) is 10.8 Å². The van der Waals surface area contributed by atoms with Gasteiger partial charge < -0.3 is 10.3 Å². The SMILES string of the molecule is Cc1cc([N+](=O)[O-])ccc1NC(=O)c1c[nH]c(=O)n(Cc2ccccc2Cl)c1=O. The third kappa shape index (κ3) is 4.25. The highest BCUT2D eigenvalue weighted by Gasteiger charge is 2.17. The van der Waals surface area contributed by atoms with Gasteiger partial charge in [0.05, 0.1) is 11.5 Å². The van der Waals surface area contributed by atoms with Gasteiger partial charge in [-0.05, 0) is 30.2 Å². The molecule has 0 unspecified atom stereocenters. The third-order valence-corrected chi connectivity index (χ3v) is 4.63. The second-order valence-electron chi connectivity index (χ2n) is 6.20. The lowest BCUT2D eigenvalue weighted by molar-refractivity contribution is -0.384. The number of anilines is 1. The summed E-state index contributed by atoms with van der Waals surface area (Å²) >= 11 is 6.09. The molecule has 1 heterocycles. The standard InChI is InChI=1S/C19H15ClN4O5/c1-11-8-13(24(28)29)6-7-16(11)22-17(25)14-9-21-19(27)23(18(14)26)10-12-4-2-3-5-15(12)20/h2-9H,10H2,1H3,(H,21,27)(H,22,25). The number of nitro groups is 1. The van der Waals surface area contributed by atoms with Gasteiger partial charge in [-0.1, -0.05) is 29.8 Å². The lowest BCUT2D eigenvalue weighted by atomic mass is 10.1. The van der Waals surface area contributed by atoms with Crippen molar-refractivity contribution in [2.45, 2.75) is 13.5 Å². The maximum atomic E-state index is 12.7. The van der Waals surface area contributed by atoms with Crippen molar-refractivity contribution in [2.75, 3.05) is 5.32 Å². The number of nitrogens with zero attached hydrogens (tertiary/aromatic N) is 2. The van der Waals surface area contributed by atoms with Gasteiger partial charge >= 0.3 is 5.69 Å². The number of carbonyl (C=O) groups is 1. The molecule has 0 bridgehead atoms. The highest BCUT2D eigenvalue weighted by atomic mass is 35.5. The number of H-pyrrole nitrogens is 1. The Hall–Kier alpha value is -3.72. The van der Waals surface area contributed by atoms with Crippen LogP contribution in [0.4, 0.5) is 11.4 Å². The van der Waals surface area contributed by atoms with Crippen molar-refractivity contribution in [1.82, 2.24) is 9.55 Å². The number of benzene rings is 2. The van der Waals surface area contributed by atoms with Gasteiger partial charge in [0.15, 0.2) is 0 Å². The van der Waals surface area contributed by atoms with Crippen LogP contribution in [0.15, 0.2) is 58.3 Å². The minimum Gasteiger partial charge on any atom is -0.322 e. The summed E-state index contributed by atoms with van der Waals surface area (Å²) in [5.74, 6) is -0.754. The van der Waals surface area contributed by atoms with Crippen LogP contribution in [0, 0.1) is 17.0 Å². The summed E-state index contributed by atoms with van der Waals surface area (Å²) in [6.07, 6.45) is 1.03. The topological polar surface area (TPSA) is 127 Å². The van der Waals surface area contributed by atoms with Crippen molar-refractivity contribution in [3.8, 4) is 0 Å². The number of carbonyl (C=O) groups excluding carboxylic acids is 1. The molecule has 9 nitrogen and oxygen atoms in total. The highest BCUT2D eigenvalue weighted by Crippen LogP contribution is 2.21. The van der Waals surface area contributed by atoms with Gasteiger partial charge in [0.1, 0.15) is 5.56 Å². The molecule has 0 saturated heterocycles. The Kier molecular flexibility index (Phi) is 5.60. The van der Waals surface area contributed by atoms with E-state index in [1.54, 1.807) is 31.2 Å². The van der Waals surface area contributed by atoms with Crippen LogP contribution >= 0.6 is 11.6 Å². The van der Waals surface area contributed by atoms with Crippen molar-refractivity contribution in [3.05, 3.63) is 101 Å². The molecular formula is C19H15ClN4O5. The van der Waals surface area contributed by atoms with E-state index in [1.165, 1.54) is 18.2 Å². The molecule has 29 heavy (non-hydrogen) atoms. The Balaban J connectivity index is 1.93. The maximum absolute atomic E-state index is 12.7. The summed E-state index contributed by atoms with van der Waals surface area (Å²) in [5.41, 5.74) is -0.562. The van der Waals surface area contributed by atoms with Crippen LogP contribution in [0.3, 0.4) is 0 Å². The zero-order valence-corrected chi connectivity index (χ0v) is 15.9. The number of non-ortho nitro benzene ring substituents is 1. The Labute approximate surface area is 168 Å². The predicted molar refractivity (Wildman–Crippen MR) is 108 cm³/mol. The number of aromatic amines is 1. The first-order chi connectivity index (χ1) is 13.8. The van der Waals surface area contributed by atoms with Crippen LogP contribution in [0.5, 0.6) is 0 Å². The Morgan fingerprint density at radius 3 is 2.62 bits per heavy atom. The summed E-state index contributed by atoms with van der Waals surface area (Å²) in [7, 11) is 0. The Morgan fingerprint density at radius 1 is 1.24 bits per heavy atom. The van der Waals surface area contributed by atoms with Crippen molar-refractivity contribution in [2.24, 2.45) is 0 Å². The molecule has 0 spiro atoms. The largest absolute Gasteiger partial charge is 0.328 e. The minimum absolute atomic E-state index is 0.106. The number of halogens is 1. The van der Waals surface area contributed by atoms with Gasteiger partial charge in [-0.25, -0.2) is 4.79 Å². The number of nitrogens with one attached hydrogen (secondary N) is 2. The molecule has 0 aliphatic carbocycles. The molecule has 1 amide bonds. The monoisotopic (exact) mass is 414 g/mol. The van der Waals surface area contributed by atoms with E-state index in [2.05, 4.69) is 10.3 Å². The highest BCUT2D eigenvalue weighted by molar-refractivity contribution is 6.31. The molecule has 0 aliphatic rings. The average Bonchev–Trinajstić information content (AvgIpc) is 2.67. The van der Waals surface area contributed by atoms with E-state index in [-0.39, 0.29) is 17.8 Å². The number of hydrogen-bond acceptors (Lipinski definition) is 5. The molecule has 0 radical (unpaired) electrons. The summed E-state index contributed by atoms with van der Waals surface area (Å²) < 4.78 is 0.874. The predicted octanol–water partition coefficient (Wildman–Crippen LogP) is 2.71. The van der Waals surface area contributed by atoms with Gasteiger partial charge in [0, 0.05) is 29.0 Å². The van der Waals surface area contributed by atoms with Gasteiger partial charge in [0.25, 0.3) is 17.2 Å². The molecule has 148 valence electrons. The molecule has 0 aliphatic heterocycles. The molecule has 3 rings (SSSR count). The molecule has 1 aromatic heterocycles. The maximum Gasteiger partial charge on any atom is 0.328 e. The summed E-state index contributed by atoms with van der Waals surface area (Å²) in [5, 5.41) is 13.7. The van der Waals surface area contributed by atoms with Gasteiger partial charge in [-0.3, -0.25) is 24.3 Å². The molecule has 0 fully saturated rings. The number of aryl methyl sites for hydroxylation is 1. The third-order valence-electron chi connectivity index (χ3n) is 4.26. The van der Waals surface area contributed by atoms with Crippen LogP contribution in [0.2, 0.25) is 5.02 Å². The lowest BCUT2D eigenvalue weighted by Crippen LogP contribution is -2.39. The Bertz CT molecular complexity index is 1230. The Morgan fingerprint density at radius 2 is 1.97 bits per heavy atom. The molecule has 0 atom stereocenters. The van der Waals surface area contributed by atoms with Crippen LogP contribution < -0.4 is 16.6 Å². The number of rotatable bonds is 5. The smallest absolute Gasteiger partial charge is 0.322 e. The van der Waals surface area contributed by atoms with E-state index in [0.29, 0.717) is 21.8 Å². The van der Waals surface area contributed by atoms with Gasteiger partial charge in [0.2, 0.25) is 0 Å². The summed E-state index contributed by atoms with van der Waals surface area (Å²) in [6, 6.07) is 10.7. The summed E-state index contributed by atoms with van der Waals surface area (Å²) in [6.45, 7) is 1.48. The van der Waals surface area contributed by atoms with Crippen molar-refractivity contribution in [1.29, 1.82) is 0 Å². The van der Waals surface area contributed by atoms with Crippen molar-refractivity contribution < 1.29 is 9.72 Å². The van der Waals surface area contributed by atoms with Crippen molar-refractivity contribution >= 4 is 28.9 Å². The first kappa shape index (κ1) is 20.0. The molecule has 0 saturated carbocycles. The normalized spacial score (nSPS) is 10.6. The van der Waals surface area contributed by atoms with Crippen LogP contribution in [-0.4, -0.2) is 20.4 Å². The average molecular weight is 415 g/mol. The number of amides is 1. The van der Waals surface area contributed by atoms with E-state index in [4.69, 9.17) is 11.6 Å². The first-order valence-electron chi connectivity index (χ1n) is 8.40. The second kappa shape index (κ2) is 8.11. The first-order valence-corrected chi connectivity index (χ1v) is 8.78. The van der Waals surface area contributed by atoms with E-state index < -0.39 is 22.1 Å². The van der Waals surface area contributed by atoms with Crippen LogP contribution in [0.25, 0.3) is 0 Å². The fourth-order valence-electron chi connectivity index (χ4n) is 2.71. The molecular weight excluding hydrogens is 400 g/mol. The molecule has 2 N–H and O–H groups in total. The number of hydrogen-bond donors (Lipinski definition) is 2. The minimum atomic E-state index is -0.786. The van der Waals surface area contributed by atoms with Crippen LogP contribution in [0.1, 0.15) is 21.5 Å². The molecule has 3 aromatic rings. The van der Waals surface area contributed by atoms with E-state index in [9.17, 15) is 24.5 Å². The fourth-order valence-corrected chi connectivity index (χ4v) is 2.90. The zero-order chi connectivity index (χ0) is 21.1. The van der Waals surface area contributed by atoms with E-state index in [1.807, 2.05) is 0 Å². The fraction of sp³-hybridized carbons (Fsp3) is 0.105. The van der Waals surface area contributed by atoms with Crippen molar-refractivity contribution in [3.63, 3.8) is 0 Å². The zero-order valence-electron chi connectivity index (χ0n) is 15.1. The second-order valence-corrected chi connectivity index (χ2v) is 6.61. The summed E-state index contributed by atoms with van der Waals surface area (Å²) in [4.78, 5) is 50.1. The number of nitro benzene ring substituents is 1. The lowest BCUT2D eigenvalue weighted by Gasteiger charge is -2.10. The van der Waals surface area contributed by atoms with Crippen LogP contribution in [-0.2, 0) is 6.54 Å².